The maximum absolute atomic E-state index is 6.56. The topological polar surface area (TPSA) is 51.8 Å². The molecule has 238 valence electrons. The van der Waals surface area contributed by atoms with Crippen molar-refractivity contribution in [2.24, 2.45) is 0 Å². The van der Waals surface area contributed by atoms with Crippen molar-refractivity contribution in [3.63, 3.8) is 0 Å². The van der Waals surface area contributed by atoms with E-state index >= 15 is 0 Å². The molecule has 0 radical (unpaired) electrons. The van der Waals surface area contributed by atoms with Gasteiger partial charge in [-0.1, -0.05) is 152 Å². The molecule has 2 heterocycles. The fourth-order valence-electron chi connectivity index (χ4n) is 7.36. The third-order valence-corrected chi connectivity index (χ3v) is 9.74. The van der Waals surface area contributed by atoms with Crippen LogP contribution in [0.3, 0.4) is 0 Å². The first-order valence-corrected chi connectivity index (χ1v) is 17.1. The lowest BCUT2D eigenvalue weighted by molar-refractivity contribution is 0.669. The fourth-order valence-corrected chi connectivity index (χ4v) is 7.36. The zero-order chi connectivity index (χ0) is 33.7. The number of hydrogen-bond acceptors (Lipinski definition) is 4. The van der Waals surface area contributed by atoms with E-state index < -0.39 is 0 Å². The highest BCUT2D eigenvalue weighted by atomic mass is 16.3. The van der Waals surface area contributed by atoms with E-state index in [1.165, 1.54) is 21.9 Å². The van der Waals surface area contributed by atoms with Gasteiger partial charge in [0.05, 0.1) is 0 Å². The second-order valence-electron chi connectivity index (χ2n) is 12.8. The molecule has 4 nitrogen and oxygen atoms in total. The molecule has 0 atom stereocenters. The van der Waals surface area contributed by atoms with Crippen molar-refractivity contribution < 1.29 is 4.42 Å². The number of para-hydroxylation sites is 1. The summed E-state index contributed by atoms with van der Waals surface area (Å²) >= 11 is 0. The summed E-state index contributed by atoms with van der Waals surface area (Å²) in [6.07, 6.45) is 0. The van der Waals surface area contributed by atoms with Gasteiger partial charge in [0, 0.05) is 27.5 Å². The quantitative estimate of drug-likeness (QED) is 0.186. The summed E-state index contributed by atoms with van der Waals surface area (Å²) in [4.78, 5) is 15.7. The van der Waals surface area contributed by atoms with Crippen molar-refractivity contribution in [1.29, 1.82) is 0 Å². The summed E-state index contributed by atoms with van der Waals surface area (Å²) in [6, 6.07) is 61.0. The van der Waals surface area contributed by atoms with Gasteiger partial charge in [0.15, 0.2) is 17.5 Å². The fraction of sp³-hybridized carbons (Fsp3) is 0. The maximum atomic E-state index is 6.56. The van der Waals surface area contributed by atoms with Gasteiger partial charge in [-0.25, -0.2) is 15.0 Å². The van der Waals surface area contributed by atoms with Gasteiger partial charge in [-0.15, -0.1) is 0 Å². The Labute approximate surface area is 294 Å². The van der Waals surface area contributed by atoms with Crippen molar-refractivity contribution in [1.82, 2.24) is 15.0 Å². The van der Waals surface area contributed by atoms with Crippen molar-refractivity contribution in [3.8, 4) is 56.4 Å². The number of nitrogens with zero attached hydrogens (tertiary/aromatic N) is 3. The standard InChI is InChI=1S/C47H29N3O/c1-3-14-30(15-4-1)36-26-27-39(38-22-10-9-21-37(36)38)46-48-45(32-17-5-2-6-18-32)49-47(50-46)41-28-33(35-24-13-19-31-16-7-8-20-34(31)35)29-43-44(41)40-23-11-12-25-42(40)51-43/h1-29H. The first-order chi connectivity index (χ1) is 25.3. The van der Waals surface area contributed by atoms with Gasteiger partial charge >= 0.3 is 0 Å². The maximum Gasteiger partial charge on any atom is 0.164 e. The Morgan fingerprint density at radius 1 is 0.314 bits per heavy atom. The zero-order valence-electron chi connectivity index (χ0n) is 27.5. The van der Waals surface area contributed by atoms with Crippen LogP contribution in [0.4, 0.5) is 0 Å². The van der Waals surface area contributed by atoms with E-state index in [2.05, 4.69) is 133 Å². The third-order valence-electron chi connectivity index (χ3n) is 9.74. The number of rotatable bonds is 5. The molecule has 0 aliphatic rings. The highest BCUT2D eigenvalue weighted by Gasteiger charge is 2.21. The Balaban J connectivity index is 1.27. The largest absolute Gasteiger partial charge is 0.456 e. The van der Waals surface area contributed by atoms with Crippen LogP contribution in [0.15, 0.2) is 180 Å². The summed E-state index contributed by atoms with van der Waals surface area (Å²) in [5.41, 5.74) is 8.87. The highest BCUT2D eigenvalue weighted by molar-refractivity contribution is 6.14. The third kappa shape index (κ3) is 4.96. The van der Waals surface area contributed by atoms with E-state index in [0.29, 0.717) is 17.5 Å². The van der Waals surface area contributed by atoms with E-state index in [-0.39, 0.29) is 0 Å². The van der Waals surface area contributed by atoms with E-state index in [0.717, 1.165) is 60.5 Å². The lowest BCUT2D eigenvalue weighted by Gasteiger charge is -2.14. The van der Waals surface area contributed by atoms with Gasteiger partial charge in [0.25, 0.3) is 0 Å². The lowest BCUT2D eigenvalue weighted by atomic mass is 9.94. The first kappa shape index (κ1) is 29.0. The normalized spacial score (nSPS) is 11.5. The molecule has 0 aliphatic carbocycles. The van der Waals surface area contributed by atoms with Gasteiger partial charge < -0.3 is 4.42 Å². The van der Waals surface area contributed by atoms with Gasteiger partial charge in [-0.3, -0.25) is 0 Å². The Kier molecular flexibility index (Phi) is 6.78. The first-order valence-electron chi connectivity index (χ1n) is 17.1. The number of furan rings is 1. The predicted octanol–water partition coefficient (Wildman–Crippen LogP) is 12.4. The van der Waals surface area contributed by atoms with Crippen LogP contribution in [0, 0.1) is 0 Å². The van der Waals surface area contributed by atoms with Crippen molar-refractivity contribution in [2.45, 2.75) is 0 Å². The number of fused-ring (bicyclic) bond motifs is 5. The van der Waals surface area contributed by atoms with Crippen LogP contribution in [-0.4, -0.2) is 15.0 Å². The molecule has 0 spiro atoms. The van der Waals surface area contributed by atoms with Crippen LogP contribution in [-0.2, 0) is 0 Å². The smallest absolute Gasteiger partial charge is 0.164 e. The Bertz CT molecular complexity index is 2910. The van der Waals surface area contributed by atoms with Crippen molar-refractivity contribution in [2.75, 3.05) is 0 Å². The minimum atomic E-state index is 0.591. The van der Waals surface area contributed by atoms with E-state index in [9.17, 15) is 0 Å². The Morgan fingerprint density at radius 3 is 1.65 bits per heavy atom. The van der Waals surface area contributed by atoms with Crippen LogP contribution in [0.2, 0.25) is 0 Å². The van der Waals surface area contributed by atoms with Gasteiger partial charge in [0.2, 0.25) is 0 Å². The van der Waals surface area contributed by atoms with Gasteiger partial charge in [-0.2, -0.15) is 0 Å². The highest BCUT2D eigenvalue weighted by Crippen LogP contribution is 2.42. The molecule has 51 heavy (non-hydrogen) atoms. The van der Waals surface area contributed by atoms with E-state index in [1.54, 1.807) is 0 Å². The van der Waals surface area contributed by atoms with Crippen LogP contribution in [0.1, 0.15) is 0 Å². The van der Waals surface area contributed by atoms with Crippen molar-refractivity contribution in [3.05, 3.63) is 176 Å². The molecule has 2 aromatic heterocycles. The number of hydrogen-bond donors (Lipinski definition) is 0. The monoisotopic (exact) mass is 651 g/mol. The summed E-state index contributed by atoms with van der Waals surface area (Å²) in [5, 5.41) is 6.58. The van der Waals surface area contributed by atoms with Gasteiger partial charge in [0.1, 0.15) is 11.2 Å². The molecule has 0 saturated carbocycles. The molecule has 4 heteroatoms. The van der Waals surface area contributed by atoms with Crippen LogP contribution < -0.4 is 0 Å². The van der Waals surface area contributed by atoms with Crippen LogP contribution in [0.25, 0.3) is 99.9 Å². The molecule has 0 aliphatic heterocycles. The molecule has 0 bridgehead atoms. The Morgan fingerprint density at radius 2 is 0.863 bits per heavy atom. The number of aromatic nitrogens is 3. The predicted molar refractivity (Wildman–Crippen MR) is 209 cm³/mol. The minimum Gasteiger partial charge on any atom is -0.456 e. The molecule has 0 unspecified atom stereocenters. The molecule has 10 rings (SSSR count). The SMILES string of the molecule is c1ccc(-c2nc(-c3ccc(-c4ccccc4)c4ccccc34)nc(-c3cc(-c4cccc5ccccc45)cc4oc5ccccc5c34)n2)cc1. The van der Waals surface area contributed by atoms with Crippen LogP contribution >= 0.6 is 0 Å². The zero-order valence-corrected chi connectivity index (χ0v) is 27.5. The molecule has 8 aromatic carbocycles. The summed E-state index contributed by atoms with van der Waals surface area (Å²) < 4.78 is 6.56. The average molecular weight is 652 g/mol. The second-order valence-corrected chi connectivity index (χ2v) is 12.8. The summed E-state index contributed by atoms with van der Waals surface area (Å²) in [7, 11) is 0. The average Bonchev–Trinajstić information content (AvgIpc) is 3.59. The van der Waals surface area contributed by atoms with Gasteiger partial charge in [-0.05, 0) is 68.1 Å². The van der Waals surface area contributed by atoms with Crippen LogP contribution in [0.5, 0.6) is 0 Å². The van der Waals surface area contributed by atoms with E-state index in [1.807, 2.05) is 42.5 Å². The molecule has 10 aromatic rings. The van der Waals surface area contributed by atoms with Crippen molar-refractivity contribution >= 4 is 43.5 Å². The molecular formula is C47H29N3O. The molecular weight excluding hydrogens is 623 g/mol. The second kappa shape index (κ2) is 11.9. The minimum absolute atomic E-state index is 0.591. The number of benzene rings is 8. The van der Waals surface area contributed by atoms with E-state index in [4.69, 9.17) is 19.4 Å². The summed E-state index contributed by atoms with van der Waals surface area (Å²) in [5.74, 6) is 1.82. The molecule has 0 amide bonds. The molecule has 0 saturated heterocycles. The molecule has 0 fully saturated rings. The molecule has 0 N–H and O–H groups in total. The summed E-state index contributed by atoms with van der Waals surface area (Å²) in [6.45, 7) is 0. The Hall–Kier alpha value is -6.91. The lowest BCUT2D eigenvalue weighted by Crippen LogP contribution is -2.01.